The molecule has 6 heteroatoms. The van der Waals surface area contributed by atoms with Gasteiger partial charge in [-0.05, 0) is 0 Å². The van der Waals surface area contributed by atoms with Crippen molar-refractivity contribution in [1.82, 2.24) is 4.98 Å². The van der Waals surface area contributed by atoms with Crippen molar-refractivity contribution in [2.24, 2.45) is 0 Å². The molecule has 0 amide bonds. The summed E-state index contributed by atoms with van der Waals surface area (Å²) in [5.74, 6) is 0.218. The molecule has 1 heterocycles. The number of hydrogen-bond acceptors (Lipinski definition) is 2. The number of hydrogen-bond donors (Lipinski definition) is 0. The lowest BCUT2D eigenvalue weighted by molar-refractivity contribution is -0.127. The largest absolute Gasteiger partial charge is 0.395 e. The predicted octanol–water partition coefficient (Wildman–Crippen LogP) is 2.99. The van der Waals surface area contributed by atoms with Crippen molar-refractivity contribution in [2.45, 2.75) is 18.5 Å². The maximum Gasteiger partial charge on any atom is 0.395 e. The first-order chi connectivity index (χ1) is 5.51. The van der Waals surface area contributed by atoms with Crippen molar-refractivity contribution >= 4 is 22.9 Å². The first-order valence-electron chi connectivity index (χ1n) is 3.07. The lowest BCUT2D eigenvalue weighted by atomic mass is 10.4. The maximum atomic E-state index is 11.8. The van der Waals surface area contributed by atoms with Crippen molar-refractivity contribution in [3.63, 3.8) is 0 Å². The molecule has 0 saturated carbocycles. The Labute approximate surface area is 76.2 Å². The molecule has 0 aliphatic rings. The second-order valence-corrected chi connectivity index (χ2v) is 3.61. The summed E-state index contributed by atoms with van der Waals surface area (Å²) >= 11 is 6.40. The Morgan fingerprint density at radius 3 is 2.58 bits per heavy atom. The summed E-state index contributed by atoms with van der Waals surface area (Å²) in [6, 6.07) is 0. The smallest absolute Gasteiger partial charge is 0.249 e. The lowest BCUT2D eigenvalue weighted by Crippen LogP contribution is -2.10. The summed E-state index contributed by atoms with van der Waals surface area (Å²) in [4.78, 5) is 4.25. The van der Waals surface area contributed by atoms with Crippen LogP contribution in [0.15, 0.2) is 6.20 Å². The molecule has 0 unspecified atom stereocenters. The molecule has 0 saturated heterocycles. The second-order valence-electron chi connectivity index (χ2n) is 2.15. The molecule has 0 aromatic carbocycles. The van der Waals surface area contributed by atoms with Crippen molar-refractivity contribution in [1.29, 1.82) is 0 Å². The number of alkyl halides is 4. The van der Waals surface area contributed by atoms with Gasteiger partial charge in [0.25, 0.3) is 0 Å². The van der Waals surface area contributed by atoms with Gasteiger partial charge in [-0.15, -0.1) is 22.9 Å². The van der Waals surface area contributed by atoms with Crippen LogP contribution in [0.1, 0.15) is 9.88 Å². The predicted molar refractivity (Wildman–Crippen MR) is 41.4 cm³/mol. The summed E-state index contributed by atoms with van der Waals surface area (Å²) < 4.78 is 35.4. The van der Waals surface area contributed by atoms with Crippen LogP contribution < -0.4 is 0 Å². The van der Waals surface area contributed by atoms with E-state index in [1.807, 2.05) is 0 Å². The van der Waals surface area contributed by atoms with Crippen LogP contribution in [0.2, 0.25) is 0 Å². The molecule has 68 valence electrons. The van der Waals surface area contributed by atoms with E-state index in [1.54, 1.807) is 0 Å². The summed E-state index contributed by atoms with van der Waals surface area (Å²) in [6.45, 7) is 0. The van der Waals surface area contributed by atoms with Crippen LogP contribution in [-0.4, -0.2) is 11.2 Å². The second kappa shape index (κ2) is 3.62. The molecule has 0 aliphatic carbocycles. The molecule has 0 fully saturated rings. The van der Waals surface area contributed by atoms with Gasteiger partial charge in [-0.2, -0.15) is 13.2 Å². The molecule has 0 N–H and O–H groups in total. The molecular weight excluding hydrogens is 211 g/mol. The zero-order valence-corrected chi connectivity index (χ0v) is 7.43. The van der Waals surface area contributed by atoms with Gasteiger partial charge in [0.05, 0.1) is 12.3 Å². The molecule has 0 aliphatic heterocycles. The highest BCUT2D eigenvalue weighted by Gasteiger charge is 2.29. The normalized spacial score (nSPS) is 12.0. The number of aromatic nitrogens is 1. The van der Waals surface area contributed by atoms with Crippen LogP contribution in [0.25, 0.3) is 0 Å². The van der Waals surface area contributed by atoms with Gasteiger partial charge in [-0.1, -0.05) is 0 Å². The minimum Gasteiger partial charge on any atom is -0.249 e. The van der Waals surface area contributed by atoms with Gasteiger partial charge in [0.2, 0.25) is 0 Å². The van der Waals surface area contributed by atoms with Crippen LogP contribution >= 0.6 is 22.9 Å². The standard InChI is InChI=1S/C6H5ClF3NS/c7-2-4-3-11-5(12-4)1-6(8,9)10/h3H,1-2H2. The number of halogens is 4. The molecular formula is C6H5ClF3NS. The topological polar surface area (TPSA) is 12.9 Å². The summed E-state index contributed by atoms with van der Waals surface area (Å²) in [7, 11) is 0. The zero-order valence-electron chi connectivity index (χ0n) is 5.86. The number of thiazole rings is 1. The van der Waals surface area contributed by atoms with Gasteiger partial charge in [0.15, 0.2) is 0 Å². The highest BCUT2D eigenvalue weighted by atomic mass is 35.5. The highest BCUT2D eigenvalue weighted by Crippen LogP contribution is 2.24. The van der Waals surface area contributed by atoms with E-state index in [0.29, 0.717) is 4.88 Å². The van der Waals surface area contributed by atoms with Gasteiger partial charge in [0.1, 0.15) is 5.01 Å². The molecule has 12 heavy (non-hydrogen) atoms. The first kappa shape index (κ1) is 9.80. The summed E-state index contributed by atoms with van der Waals surface area (Å²) in [5, 5.41) is 0.0677. The molecule has 0 radical (unpaired) electrons. The molecule has 0 spiro atoms. The molecule has 0 bridgehead atoms. The van der Waals surface area contributed by atoms with Crippen LogP contribution in [0.3, 0.4) is 0 Å². The van der Waals surface area contributed by atoms with E-state index in [9.17, 15) is 13.2 Å². The SMILES string of the molecule is FC(F)(F)Cc1ncc(CCl)s1. The van der Waals surface area contributed by atoms with E-state index in [4.69, 9.17) is 11.6 Å². The van der Waals surface area contributed by atoms with Crippen LogP contribution in [-0.2, 0) is 12.3 Å². The third kappa shape index (κ3) is 2.98. The van der Waals surface area contributed by atoms with Gasteiger partial charge in [0, 0.05) is 11.1 Å². The molecule has 0 atom stereocenters. The average Bonchev–Trinajstić information content (AvgIpc) is 2.32. The van der Waals surface area contributed by atoms with Gasteiger partial charge < -0.3 is 0 Å². The Hall–Kier alpha value is -0.290. The van der Waals surface area contributed by atoms with Gasteiger partial charge in [-0.3, -0.25) is 0 Å². The van der Waals surface area contributed by atoms with Gasteiger partial charge >= 0.3 is 6.18 Å². The lowest BCUT2D eigenvalue weighted by Gasteiger charge is -2.01. The molecule has 1 aromatic heterocycles. The van der Waals surface area contributed by atoms with Crippen LogP contribution in [0, 0.1) is 0 Å². The fourth-order valence-electron chi connectivity index (χ4n) is 0.663. The molecule has 1 aromatic rings. The van der Waals surface area contributed by atoms with E-state index in [1.165, 1.54) is 6.20 Å². The quantitative estimate of drug-likeness (QED) is 0.692. The van der Waals surface area contributed by atoms with E-state index in [0.717, 1.165) is 11.3 Å². The van der Waals surface area contributed by atoms with E-state index >= 15 is 0 Å². The number of nitrogens with zero attached hydrogens (tertiary/aromatic N) is 1. The Balaban J connectivity index is 2.64. The van der Waals surface area contributed by atoms with E-state index in [-0.39, 0.29) is 10.9 Å². The van der Waals surface area contributed by atoms with Crippen LogP contribution in [0.5, 0.6) is 0 Å². The van der Waals surface area contributed by atoms with Gasteiger partial charge in [-0.25, -0.2) is 4.98 Å². The van der Waals surface area contributed by atoms with Crippen molar-refractivity contribution in [3.8, 4) is 0 Å². The minimum absolute atomic E-state index is 0.0677. The molecule has 1 rings (SSSR count). The first-order valence-corrected chi connectivity index (χ1v) is 4.42. The maximum absolute atomic E-state index is 11.8. The number of rotatable bonds is 2. The molecule has 1 nitrogen and oxygen atoms in total. The Bertz CT molecular complexity index is 258. The third-order valence-corrected chi connectivity index (χ3v) is 2.53. The summed E-state index contributed by atoms with van der Waals surface area (Å²) in [6.07, 6.45) is -3.77. The van der Waals surface area contributed by atoms with Crippen molar-refractivity contribution in [2.75, 3.05) is 0 Å². The van der Waals surface area contributed by atoms with E-state index < -0.39 is 12.6 Å². The monoisotopic (exact) mass is 215 g/mol. The highest BCUT2D eigenvalue weighted by molar-refractivity contribution is 7.11. The Morgan fingerprint density at radius 1 is 1.50 bits per heavy atom. The Kier molecular flexibility index (Phi) is 2.95. The fourth-order valence-corrected chi connectivity index (χ4v) is 1.70. The van der Waals surface area contributed by atoms with Crippen LogP contribution in [0.4, 0.5) is 13.2 Å². The Morgan fingerprint density at radius 2 is 2.17 bits per heavy atom. The van der Waals surface area contributed by atoms with Crippen molar-refractivity contribution < 1.29 is 13.2 Å². The summed E-state index contributed by atoms with van der Waals surface area (Å²) in [5.41, 5.74) is 0. The minimum atomic E-state index is -4.18. The zero-order chi connectivity index (χ0) is 9.19. The van der Waals surface area contributed by atoms with E-state index in [2.05, 4.69) is 4.98 Å². The third-order valence-electron chi connectivity index (χ3n) is 1.08. The fraction of sp³-hybridized carbons (Fsp3) is 0.500. The van der Waals surface area contributed by atoms with Crippen molar-refractivity contribution in [3.05, 3.63) is 16.1 Å². The average molecular weight is 216 g/mol.